The zero-order valence-electron chi connectivity index (χ0n) is 15.7. The largest absolute Gasteiger partial charge is 0.484 e. The first-order valence-electron chi connectivity index (χ1n) is 9.42. The maximum Gasteiger partial charge on any atom is 0.262 e. The second kappa shape index (κ2) is 8.75. The highest BCUT2D eigenvalue weighted by molar-refractivity contribution is 5.92. The third-order valence-electron chi connectivity index (χ3n) is 4.99. The number of rotatable bonds is 6. The standard InChI is InChI=1S/C22H28N2O2/c1-24(2)20-12-10-19(11-13-20)23-22(25)16-26-21-14-8-18(9-15-21)17-6-4-3-5-7-17/h8-15,17H,3-7,16H2,1-2H3,(H,23,25). The molecule has 1 fully saturated rings. The van der Waals surface area contributed by atoms with E-state index in [-0.39, 0.29) is 12.5 Å². The summed E-state index contributed by atoms with van der Waals surface area (Å²) in [5.74, 6) is 1.27. The molecule has 1 aliphatic rings. The monoisotopic (exact) mass is 352 g/mol. The van der Waals surface area contributed by atoms with E-state index < -0.39 is 0 Å². The predicted molar refractivity (Wildman–Crippen MR) is 107 cm³/mol. The Labute approximate surface area is 156 Å². The molecule has 0 heterocycles. The number of nitrogens with zero attached hydrogens (tertiary/aromatic N) is 1. The van der Waals surface area contributed by atoms with Gasteiger partial charge in [0.05, 0.1) is 0 Å². The van der Waals surface area contributed by atoms with Crippen molar-refractivity contribution in [3.05, 3.63) is 54.1 Å². The van der Waals surface area contributed by atoms with Crippen molar-refractivity contribution in [1.82, 2.24) is 0 Å². The Balaban J connectivity index is 1.48. The highest BCUT2D eigenvalue weighted by atomic mass is 16.5. The van der Waals surface area contributed by atoms with E-state index in [9.17, 15) is 4.79 Å². The number of carbonyl (C=O) groups excluding carboxylic acids is 1. The van der Waals surface area contributed by atoms with Crippen LogP contribution >= 0.6 is 0 Å². The van der Waals surface area contributed by atoms with Gasteiger partial charge in [-0.2, -0.15) is 0 Å². The normalized spacial score (nSPS) is 14.7. The van der Waals surface area contributed by atoms with Crippen LogP contribution in [0.3, 0.4) is 0 Å². The number of hydrogen-bond acceptors (Lipinski definition) is 3. The Bertz CT molecular complexity index is 702. The summed E-state index contributed by atoms with van der Waals surface area (Å²) in [6.07, 6.45) is 6.60. The SMILES string of the molecule is CN(C)c1ccc(NC(=O)COc2ccc(C3CCCCC3)cc2)cc1. The van der Waals surface area contributed by atoms with Crippen LogP contribution in [0, 0.1) is 0 Å². The van der Waals surface area contributed by atoms with Crippen molar-refractivity contribution in [1.29, 1.82) is 0 Å². The third kappa shape index (κ3) is 5.01. The number of amides is 1. The molecule has 0 aromatic heterocycles. The molecule has 2 aromatic rings. The third-order valence-corrected chi connectivity index (χ3v) is 4.99. The Hall–Kier alpha value is -2.49. The van der Waals surface area contributed by atoms with Gasteiger partial charge < -0.3 is 15.0 Å². The minimum atomic E-state index is -0.154. The molecule has 0 radical (unpaired) electrons. The molecule has 1 N–H and O–H groups in total. The van der Waals surface area contributed by atoms with Crippen molar-refractivity contribution in [2.24, 2.45) is 0 Å². The number of ether oxygens (including phenoxy) is 1. The van der Waals surface area contributed by atoms with Crippen molar-refractivity contribution < 1.29 is 9.53 Å². The van der Waals surface area contributed by atoms with Crippen LogP contribution in [0.4, 0.5) is 11.4 Å². The Morgan fingerprint density at radius 2 is 1.65 bits per heavy atom. The van der Waals surface area contributed by atoms with Gasteiger partial charge in [-0.3, -0.25) is 4.79 Å². The van der Waals surface area contributed by atoms with Crippen molar-refractivity contribution in [2.75, 3.05) is 30.9 Å². The number of anilines is 2. The molecule has 26 heavy (non-hydrogen) atoms. The first kappa shape index (κ1) is 18.3. The average Bonchev–Trinajstić information content (AvgIpc) is 2.68. The second-order valence-corrected chi connectivity index (χ2v) is 7.18. The smallest absolute Gasteiger partial charge is 0.262 e. The van der Waals surface area contributed by atoms with Gasteiger partial charge in [-0.15, -0.1) is 0 Å². The minimum absolute atomic E-state index is 0.0121. The quantitative estimate of drug-likeness (QED) is 0.810. The zero-order chi connectivity index (χ0) is 18.4. The molecular formula is C22H28N2O2. The van der Waals surface area contributed by atoms with Crippen LogP contribution in [0.15, 0.2) is 48.5 Å². The van der Waals surface area contributed by atoms with Gasteiger partial charge in [0.1, 0.15) is 5.75 Å². The molecule has 0 unspecified atom stereocenters. The van der Waals surface area contributed by atoms with E-state index in [1.54, 1.807) is 0 Å². The van der Waals surface area contributed by atoms with E-state index in [0.717, 1.165) is 17.1 Å². The maximum atomic E-state index is 12.1. The molecule has 1 aliphatic carbocycles. The summed E-state index contributed by atoms with van der Waals surface area (Å²) in [7, 11) is 3.97. The molecule has 4 nitrogen and oxygen atoms in total. The first-order valence-corrected chi connectivity index (χ1v) is 9.42. The van der Waals surface area contributed by atoms with Crippen LogP contribution in [0.25, 0.3) is 0 Å². The second-order valence-electron chi connectivity index (χ2n) is 7.18. The van der Waals surface area contributed by atoms with Crippen LogP contribution in [0.1, 0.15) is 43.6 Å². The molecule has 0 spiro atoms. The summed E-state index contributed by atoms with van der Waals surface area (Å²) in [5.41, 5.74) is 3.26. The summed E-state index contributed by atoms with van der Waals surface area (Å²) in [5, 5.41) is 2.86. The highest BCUT2D eigenvalue weighted by Gasteiger charge is 2.15. The Morgan fingerprint density at radius 1 is 1.00 bits per heavy atom. The lowest BCUT2D eigenvalue weighted by Gasteiger charge is -2.22. The maximum absolute atomic E-state index is 12.1. The van der Waals surface area contributed by atoms with Gasteiger partial charge in [-0.25, -0.2) is 0 Å². The molecule has 4 heteroatoms. The lowest BCUT2D eigenvalue weighted by atomic mass is 9.84. The van der Waals surface area contributed by atoms with Crippen LogP contribution in [-0.2, 0) is 4.79 Å². The molecule has 3 rings (SSSR count). The number of hydrogen-bond donors (Lipinski definition) is 1. The van der Waals surface area contributed by atoms with Crippen molar-refractivity contribution in [3.63, 3.8) is 0 Å². The molecule has 0 aliphatic heterocycles. The van der Waals surface area contributed by atoms with Crippen molar-refractivity contribution in [2.45, 2.75) is 38.0 Å². The highest BCUT2D eigenvalue weighted by Crippen LogP contribution is 2.33. The van der Waals surface area contributed by atoms with E-state index in [2.05, 4.69) is 17.4 Å². The van der Waals surface area contributed by atoms with Gasteiger partial charge in [-0.05, 0) is 60.7 Å². The summed E-state index contributed by atoms with van der Waals surface area (Å²) < 4.78 is 5.62. The Kier molecular flexibility index (Phi) is 6.16. The Morgan fingerprint density at radius 3 is 2.27 bits per heavy atom. The lowest BCUT2D eigenvalue weighted by Crippen LogP contribution is -2.20. The van der Waals surface area contributed by atoms with Gasteiger partial charge in [0.2, 0.25) is 0 Å². The first-order chi connectivity index (χ1) is 12.6. The van der Waals surface area contributed by atoms with Gasteiger partial charge in [0, 0.05) is 25.5 Å². The molecule has 2 aromatic carbocycles. The van der Waals surface area contributed by atoms with Gasteiger partial charge in [0.15, 0.2) is 6.61 Å². The van der Waals surface area contributed by atoms with E-state index in [0.29, 0.717) is 5.92 Å². The molecule has 1 saturated carbocycles. The van der Waals surface area contributed by atoms with E-state index in [4.69, 9.17) is 4.74 Å². The number of benzene rings is 2. The summed E-state index contributed by atoms with van der Waals surface area (Å²) in [4.78, 5) is 14.1. The van der Waals surface area contributed by atoms with E-state index in [1.165, 1.54) is 37.7 Å². The molecule has 0 saturated heterocycles. The van der Waals surface area contributed by atoms with Crippen molar-refractivity contribution >= 4 is 17.3 Å². The van der Waals surface area contributed by atoms with Crippen molar-refractivity contribution in [3.8, 4) is 5.75 Å². The molecule has 1 amide bonds. The summed E-state index contributed by atoms with van der Waals surface area (Å²) >= 11 is 0. The topological polar surface area (TPSA) is 41.6 Å². The van der Waals surface area contributed by atoms with Crippen LogP contribution in [0.2, 0.25) is 0 Å². The van der Waals surface area contributed by atoms with E-state index in [1.807, 2.05) is 55.4 Å². The lowest BCUT2D eigenvalue weighted by molar-refractivity contribution is -0.118. The fourth-order valence-electron chi connectivity index (χ4n) is 3.46. The summed E-state index contributed by atoms with van der Waals surface area (Å²) in [6.45, 7) is 0.0121. The fraction of sp³-hybridized carbons (Fsp3) is 0.409. The van der Waals surface area contributed by atoms with Crippen LogP contribution in [-0.4, -0.2) is 26.6 Å². The fourth-order valence-corrected chi connectivity index (χ4v) is 3.46. The molecular weight excluding hydrogens is 324 g/mol. The van der Waals surface area contributed by atoms with Gasteiger partial charge >= 0.3 is 0 Å². The van der Waals surface area contributed by atoms with Gasteiger partial charge in [0.25, 0.3) is 5.91 Å². The minimum Gasteiger partial charge on any atom is -0.484 e. The van der Waals surface area contributed by atoms with E-state index >= 15 is 0 Å². The average molecular weight is 352 g/mol. The summed E-state index contributed by atoms with van der Waals surface area (Å²) in [6, 6.07) is 16.0. The molecule has 138 valence electrons. The molecule has 0 bridgehead atoms. The number of nitrogens with one attached hydrogen (secondary N) is 1. The van der Waals surface area contributed by atoms with Gasteiger partial charge in [-0.1, -0.05) is 31.4 Å². The van der Waals surface area contributed by atoms with Crippen LogP contribution in [0.5, 0.6) is 5.75 Å². The zero-order valence-corrected chi connectivity index (χ0v) is 15.7. The number of carbonyl (C=O) groups is 1. The van der Waals surface area contributed by atoms with Crippen LogP contribution < -0.4 is 15.0 Å². The predicted octanol–water partition coefficient (Wildman–Crippen LogP) is 4.82. The molecule has 0 atom stereocenters.